The van der Waals surface area contributed by atoms with Gasteiger partial charge in [0.05, 0.1) is 29.7 Å². The Balaban J connectivity index is 1.67. The normalized spacial score (nSPS) is 30.6. The van der Waals surface area contributed by atoms with Crippen LogP contribution in [0, 0.1) is 18.8 Å². The smallest absolute Gasteiger partial charge is 0.310 e. The Hall–Kier alpha value is -1.89. The van der Waals surface area contributed by atoms with Crippen molar-refractivity contribution in [2.75, 3.05) is 0 Å². The predicted molar refractivity (Wildman–Crippen MR) is 72.3 cm³/mol. The Morgan fingerprint density at radius 3 is 2.67 bits per heavy atom. The van der Waals surface area contributed by atoms with Crippen LogP contribution in [0.25, 0.3) is 0 Å². The summed E-state index contributed by atoms with van der Waals surface area (Å²) in [6.45, 7) is 2.24. The van der Waals surface area contributed by atoms with Crippen LogP contribution in [0.5, 0.6) is 0 Å². The first-order valence-corrected chi connectivity index (χ1v) is 7.12. The summed E-state index contributed by atoms with van der Waals surface area (Å²) in [6, 6.07) is 0. The molecule has 114 valence electrons. The van der Waals surface area contributed by atoms with E-state index in [-0.39, 0.29) is 18.1 Å². The minimum atomic E-state index is -0.945. The van der Waals surface area contributed by atoms with Crippen molar-refractivity contribution < 1.29 is 19.4 Å². The maximum atomic E-state index is 12.4. The molecule has 0 aromatic carbocycles. The third kappa shape index (κ3) is 2.42. The van der Waals surface area contributed by atoms with Crippen LogP contribution in [0.15, 0.2) is 6.20 Å². The molecule has 0 aliphatic carbocycles. The molecule has 21 heavy (non-hydrogen) atoms. The number of carboxylic acids is 1. The van der Waals surface area contributed by atoms with E-state index in [1.54, 1.807) is 4.68 Å². The molecule has 7 nitrogen and oxygen atoms in total. The predicted octanol–water partition coefficient (Wildman–Crippen LogP) is 0.223. The van der Waals surface area contributed by atoms with Gasteiger partial charge in [-0.15, -0.1) is 0 Å². The highest BCUT2D eigenvalue weighted by Crippen LogP contribution is 2.43. The van der Waals surface area contributed by atoms with Crippen molar-refractivity contribution in [3.05, 3.63) is 17.5 Å². The fourth-order valence-corrected chi connectivity index (χ4v) is 3.45. The Labute approximate surface area is 122 Å². The van der Waals surface area contributed by atoms with Crippen LogP contribution < -0.4 is 5.32 Å². The lowest BCUT2D eigenvalue weighted by molar-refractivity contribution is -0.147. The largest absolute Gasteiger partial charge is 0.481 e. The van der Waals surface area contributed by atoms with Crippen LogP contribution in [0.2, 0.25) is 0 Å². The minimum absolute atomic E-state index is 0.238. The first-order chi connectivity index (χ1) is 9.97. The maximum Gasteiger partial charge on any atom is 0.310 e. The number of amides is 1. The van der Waals surface area contributed by atoms with Crippen LogP contribution >= 0.6 is 0 Å². The number of ether oxygens (including phenoxy) is 1. The molecule has 1 amide bonds. The molecule has 0 saturated carbocycles. The second-order valence-corrected chi connectivity index (χ2v) is 5.81. The van der Waals surface area contributed by atoms with Gasteiger partial charge in [-0.3, -0.25) is 14.3 Å². The molecule has 0 unspecified atom stereocenters. The van der Waals surface area contributed by atoms with Crippen molar-refractivity contribution in [3.8, 4) is 0 Å². The Morgan fingerprint density at radius 2 is 2.10 bits per heavy atom. The minimum Gasteiger partial charge on any atom is -0.481 e. The zero-order valence-electron chi connectivity index (χ0n) is 12.1. The van der Waals surface area contributed by atoms with Gasteiger partial charge >= 0.3 is 5.97 Å². The molecule has 4 atom stereocenters. The van der Waals surface area contributed by atoms with Crippen molar-refractivity contribution in [3.63, 3.8) is 0 Å². The standard InChI is InChI=1S/C14H19N3O4/c1-7-8(6-17(2)16-7)5-15-13(18)11-9-3-4-10(21-9)12(11)14(19)20/h6,9-12H,3-5H2,1-2H3,(H,15,18)(H,19,20)/t9-,10-,11-,12+/m1/s1. The lowest BCUT2D eigenvalue weighted by Crippen LogP contribution is -2.43. The fourth-order valence-electron chi connectivity index (χ4n) is 3.45. The van der Waals surface area contributed by atoms with E-state index in [1.165, 1.54) is 0 Å². The molecule has 0 radical (unpaired) electrons. The highest BCUT2D eigenvalue weighted by atomic mass is 16.5. The first-order valence-electron chi connectivity index (χ1n) is 7.12. The number of hydrogen-bond acceptors (Lipinski definition) is 4. The summed E-state index contributed by atoms with van der Waals surface area (Å²) in [5.41, 5.74) is 1.79. The van der Waals surface area contributed by atoms with Crippen molar-refractivity contribution in [1.29, 1.82) is 0 Å². The maximum absolute atomic E-state index is 12.4. The van der Waals surface area contributed by atoms with Crippen molar-refractivity contribution in [2.45, 2.75) is 38.5 Å². The molecule has 1 aromatic heterocycles. The molecule has 2 fully saturated rings. The van der Waals surface area contributed by atoms with Gasteiger partial charge < -0.3 is 15.2 Å². The van der Waals surface area contributed by atoms with Gasteiger partial charge in [0.1, 0.15) is 0 Å². The van der Waals surface area contributed by atoms with Gasteiger partial charge in [0.2, 0.25) is 5.91 Å². The summed E-state index contributed by atoms with van der Waals surface area (Å²) < 4.78 is 7.29. The van der Waals surface area contributed by atoms with Crippen molar-refractivity contribution in [1.82, 2.24) is 15.1 Å². The zero-order valence-corrected chi connectivity index (χ0v) is 12.1. The van der Waals surface area contributed by atoms with Gasteiger partial charge in [0, 0.05) is 25.4 Å². The molecule has 2 aliphatic heterocycles. The van der Waals surface area contributed by atoms with Crippen LogP contribution in [0.4, 0.5) is 0 Å². The number of aryl methyl sites for hydroxylation is 2. The number of carbonyl (C=O) groups is 2. The number of hydrogen-bond donors (Lipinski definition) is 2. The van der Waals surface area contributed by atoms with Gasteiger partial charge in [0.15, 0.2) is 0 Å². The number of fused-ring (bicyclic) bond motifs is 2. The molecule has 2 aliphatic rings. The summed E-state index contributed by atoms with van der Waals surface area (Å²) in [5.74, 6) is -2.49. The molecule has 2 saturated heterocycles. The average Bonchev–Trinajstić information content (AvgIpc) is 3.09. The number of aliphatic carboxylic acids is 1. The van der Waals surface area contributed by atoms with Gasteiger partial charge in [-0.25, -0.2) is 0 Å². The van der Waals surface area contributed by atoms with E-state index in [1.807, 2.05) is 20.2 Å². The van der Waals surface area contributed by atoms with Crippen molar-refractivity contribution in [2.24, 2.45) is 18.9 Å². The van der Waals surface area contributed by atoms with E-state index >= 15 is 0 Å². The topological polar surface area (TPSA) is 93.5 Å². The van der Waals surface area contributed by atoms with Gasteiger partial charge in [-0.2, -0.15) is 5.10 Å². The average molecular weight is 293 g/mol. The lowest BCUT2D eigenvalue weighted by atomic mass is 9.78. The Kier molecular flexibility index (Phi) is 3.44. The molecule has 0 spiro atoms. The number of nitrogens with zero attached hydrogens (tertiary/aromatic N) is 2. The number of carbonyl (C=O) groups excluding carboxylic acids is 1. The summed E-state index contributed by atoms with van der Waals surface area (Å²) in [5, 5.41) is 16.4. The van der Waals surface area contributed by atoms with Crippen molar-refractivity contribution >= 4 is 11.9 Å². The van der Waals surface area contributed by atoms with Crippen LogP contribution in [0.3, 0.4) is 0 Å². The van der Waals surface area contributed by atoms with E-state index in [9.17, 15) is 14.7 Å². The molecular weight excluding hydrogens is 274 g/mol. The number of aromatic nitrogens is 2. The van der Waals surface area contributed by atoms with E-state index in [2.05, 4.69) is 10.4 Å². The zero-order chi connectivity index (χ0) is 15.1. The summed E-state index contributed by atoms with van der Waals surface area (Å²) in [4.78, 5) is 23.7. The van der Waals surface area contributed by atoms with Crippen LogP contribution in [-0.4, -0.2) is 39.0 Å². The highest BCUT2D eigenvalue weighted by molar-refractivity contribution is 5.86. The summed E-state index contributed by atoms with van der Waals surface area (Å²) >= 11 is 0. The third-order valence-electron chi connectivity index (χ3n) is 4.43. The SMILES string of the molecule is Cc1nn(C)cc1CNC(=O)[C@H]1[C@@H](C(=O)O)[C@H]2CC[C@H]1O2. The number of nitrogens with one attached hydrogen (secondary N) is 1. The molecule has 1 aromatic rings. The third-order valence-corrected chi connectivity index (χ3v) is 4.43. The lowest BCUT2D eigenvalue weighted by Gasteiger charge is -2.23. The van der Waals surface area contributed by atoms with E-state index < -0.39 is 17.8 Å². The van der Waals surface area contributed by atoms with Gasteiger partial charge in [-0.05, 0) is 19.8 Å². The first kappa shape index (κ1) is 14.1. The second-order valence-electron chi connectivity index (χ2n) is 5.81. The quantitative estimate of drug-likeness (QED) is 0.828. The van der Waals surface area contributed by atoms with Crippen LogP contribution in [0.1, 0.15) is 24.1 Å². The van der Waals surface area contributed by atoms with Gasteiger partial charge in [0.25, 0.3) is 0 Å². The van der Waals surface area contributed by atoms with Crippen LogP contribution in [-0.2, 0) is 27.9 Å². The molecule has 2 bridgehead atoms. The monoisotopic (exact) mass is 293 g/mol. The molecule has 7 heteroatoms. The molecule has 3 heterocycles. The highest BCUT2D eigenvalue weighted by Gasteiger charge is 2.55. The Morgan fingerprint density at radius 1 is 1.43 bits per heavy atom. The van der Waals surface area contributed by atoms with E-state index in [4.69, 9.17) is 4.74 Å². The molecule has 2 N–H and O–H groups in total. The number of carboxylic acid groups (broad SMARTS) is 1. The molecular formula is C14H19N3O4. The summed E-state index contributed by atoms with van der Waals surface area (Å²) in [6.07, 6.45) is 2.77. The summed E-state index contributed by atoms with van der Waals surface area (Å²) in [7, 11) is 1.82. The number of rotatable bonds is 4. The second kappa shape index (κ2) is 5.14. The van der Waals surface area contributed by atoms with E-state index in [0.29, 0.717) is 6.54 Å². The molecule has 3 rings (SSSR count). The fraction of sp³-hybridized carbons (Fsp3) is 0.643. The Bertz CT molecular complexity index is 583. The van der Waals surface area contributed by atoms with E-state index in [0.717, 1.165) is 24.1 Å². The van der Waals surface area contributed by atoms with Gasteiger partial charge in [-0.1, -0.05) is 0 Å².